The van der Waals surface area contributed by atoms with Gasteiger partial charge in [-0.1, -0.05) is 22.0 Å². The van der Waals surface area contributed by atoms with E-state index in [9.17, 15) is 4.79 Å². The first kappa shape index (κ1) is 11.6. The lowest BCUT2D eigenvalue weighted by Crippen LogP contribution is -1.83. The van der Waals surface area contributed by atoms with Crippen LogP contribution >= 0.6 is 27.3 Å². The summed E-state index contributed by atoms with van der Waals surface area (Å²) in [7, 11) is 0. The van der Waals surface area contributed by atoms with E-state index in [1.165, 1.54) is 11.1 Å². The highest BCUT2D eigenvalue weighted by atomic mass is 79.9. The second kappa shape index (κ2) is 4.52. The minimum absolute atomic E-state index is 0.129. The summed E-state index contributed by atoms with van der Waals surface area (Å²) >= 11 is 5.01. The molecule has 0 spiro atoms. The second-order valence-corrected chi connectivity index (χ2v) is 5.68. The van der Waals surface area contributed by atoms with Gasteiger partial charge in [-0.05, 0) is 49.2 Å². The van der Waals surface area contributed by atoms with Gasteiger partial charge < -0.3 is 0 Å². The van der Waals surface area contributed by atoms with Crippen molar-refractivity contribution in [2.45, 2.75) is 13.8 Å². The van der Waals surface area contributed by atoms with E-state index in [4.69, 9.17) is 0 Å². The van der Waals surface area contributed by atoms with Crippen LogP contribution in [0.1, 0.15) is 22.2 Å². The number of carbonyl (C=O) groups excluding carboxylic acids is 1. The second-order valence-electron chi connectivity index (χ2n) is 3.68. The van der Waals surface area contributed by atoms with Gasteiger partial charge in [0, 0.05) is 9.35 Å². The van der Waals surface area contributed by atoms with E-state index in [1.807, 2.05) is 18.2 Å². The Balaban J connectivity index is 2.50. The lowest BCUT2D eigenvalue weighted by Gasteiger charge is -2.03. The van der Waals surface area contributed by atoms with Gasteiger partial charge in [-0.15, -0.1) is 11.3 Å². The molecule has 0 saturated carbocycles. The van der Waals surface area contributed by atoms with Crippen LogP contribution in [-0.4, -0.2) is 5.78 Å². The number of aryl methyl sites for hydroxylation is 1. The van der Waals surface area contributed by atoms with Crippen molar-refractivity contribution >= 4 is 33.0 Å². The summed E-state index contributed by atoms with van der Waals surface area (Å²) in [4.78, 5) is 13.2. The average Bonchev–Trinajstić information content (AvgIpc) is 2.70. The van der Waals surface area contributed by atoms with E-state index in [0.717, 1.165) is 14.2 Å². The molecule has 0 radical (unpaired) electrons. The van der Waals surface area contributed by atoms with E-state index in [1.54, 1.807) is 18.3 Å². The van der Waals surface area contributed by atoms with Crippen LogP contribution in [0.3, 0.4) is 0 Å². The molecular weight excluding hydrogens is 284 g/mol. The highest BCUT2D eigenvalue weighted by molar-refractivity contribution is 9.10. The van der Waals surface area contributed by atoms with Crippen molar-refractivity contribution in [1.82, 2.24) is 0 Å². The summed E-state index contributed by atoms with van der Waals surface area (Å²) in [6.07, 6.45) is 0. The van der Waals surface area contributed by atoms with Crippen LogP contribution < -0.4 is 0 Å². The number of Topliss-reactive ketones (excluding diaryl/α,β-unsaturated/α-hetero) is 1. The summed E-state index contributed by atoms with van der Waals surface area (Å²) < 4.78 is 1.06. The number of benzene rings is 1. The van der Waals surface area contributed by atoms with Crippen LogP contribution in [0.2, 0.25) is 0 Å². The Morgan fingerprint density at radius 1 is 1.25 bits per heavy atom. The molecule has 1 aromatic carbocycles. The lowest BCUT2D eigenvalue weighted by molar-refractivity contribution is 0.102. The molecule has 0 aliphatic rings. The average molecular weight is 295 g/mol. The monoisotopic (exact) mass is 294 g/mol. The van der Waals surface area contributed by atoms with E-state index in [-0.39, 0.29) is 5.78 Å². The van der Waals surface area contributed by atoms with Gasteiger partial charge in [0.25, 0.3) is 0 Å². The van der Waals surface area contributed by atoms with Crippen molar-refractivity contribution in [3.05, 3.63) is 45.2 Å². The van der Waals surface area contributed by atoms with Crippen LogP contribution in [0, 0.1) is 6.92 Å². The molecule has 0 aliphatic heterocycles. The largest absolute Gasteiger partial charge is 0.294 e. The summed E-state index contributed by atoms with van der Waals surface area (Å²) in [5.41, 5.74) is 2.41. The molecule has 0 aliphatic carbocycles. The molecule has 2 aromatic rings. The molecule has 0 amide bonds. The SMILES string of the molecule is CC(=O)c1ccc(-c2cc(Br)ccc2C)s1. The Kier molecular flexibility index (Phi) is 3.26. The van der Waals surface area contributed by atoms with Gasteiger partial charge >= 0.3 is 0 Å². The Morgan fingerprint density at radius 2 is 2.00 bits per heavy atom. The number of carbonyl (C=O) groups is 1. The van der Waals surface area contributed by atoms with Crippen molar-refractivity contribution in [2.75, 3.05) is 0 Å². The van der Waals surface area contributed by atoms with Gasteiger partial charge in [0.1, 0.15) is 0 Å². The zero-order valence-electron chi connectivity index (χ0n) is 9.08. The van der Waals surface area contributed by atoms with E-state index < -0.39 is 0 Å². The molecule has 1 nitrogen and oxygen atoms in total. The van der Waals surface area contributed by atoms with Gasteiger partial charge in [0.15, 0.2) is 5.78 Å². The minimum atomic E-state index is 0.129. The normalized spacial score (nSPS) is 10.4. The molecule has 16 heavy (non-hydrogen) atoms. The van der Waals surface area contributed by atoms with Gasteiger partial charge in [-0.2, -0.15) is 0 Å². The topological polar surface area (TPSA) is 17.1 Å². The van der Waals surface area contributed by atoms with E-state index >= 15 is 0 Å². The van der Waals surface area contributed by atoms with Crippen molar-refractivity contribution < 1.29 is 4.79 Å². The van der Waals surface area contributed by atoms with Crippen molar-refractivity contribution in [3.8, 4) is 10.4 Å². The fraction of sp³-hybridized carbons (Fsp3) is 0.154. The number of rotatable bonds is 2. The number of halogens is 1. The summed E-state index contributed by atoms with van der Waals surface area (Å²) in [5, 5.41) is 0. The predicted molar refractivity (Wildman–Crippen MR) is 72.2 cm³/mol. The molecule has 1 heterocycles. The maximum absolute atomic E-state index is 11.2. The van der Waals surface area contributed by atoms with Gasteiger partial charge in [0.05, 0.1) is 4.88 Å². The standard InChI is InChI=1S/C13H11BrOS/c1-8-3-4-10(14)7-11(8)13-6-5-12(16-13)9(2)15/h3-7H,1-2H3. The summed E-state index contributed by atoms with van der Waals surface area (Å²) in [5.74, 6) is 0.129. The minimum Gasteiger partial charge on any atom is -0.294 e. The molecule has 0 bridgehead atoms. The third-order valence-corrected chi connectivity index (χ3v) is 4.13. The lowest BCUT2D eigenvalue weighted by atomic mass is 10.1. The van der Waals surface area contributed by atoms with E-state index in [0.29, 0.717) is 0 Å². The van der Waals surface area contributed by atoms with Crippen molar-refractivity contribution in [3.63, 3.8) is 0 Å². The number of ketones is 1. The van der Waals surface area contributed by atoms with Crippen LogP contribution in [-0.2, 0) is 0 Å². The maximum atomic E-state index is 11.2. The highest BCUT2D eigenvalue weighted by Gasteiger charge is 2.08. The van der Waals surface area contributed by atoms with Gasteiger partial charge in [-0.3, -0.25) is 4.79 Å². The Hall–Kier alpha value is -0.930. The molecule has 2 rings (SSSR count). The maximum Gasteiger partial charge on any atom is 0.169 e. The molecule has 0 atom stereocenters. The molecule has 1 aromatic heterocycles. The number of thiophene rings is 1. The molecule has 0 unspecified atom stereocenters. The van der Waals surface area contributed by atoms with Gasteiger partial charge in [-0.25, -0.2) is 0 Å². The van der Waals surface area contributed by atoms with E-state index in [2.05, 4.69) is 35.0 Å². The molecule has 0 fully saturated rings. The van der Waals surface area contributed by atoms with Crippen molar-refractivity contribution in [2.24, 2.45) is 0 Å². The predicted octanol–water partition coefficient (Wildman–Crippen LogP) is 4.69. The van der Waals surface area contributed by atoms with Crippen LogP contribution in [0.25, 0.3) is 10.4 Å². The first-order valence-corrected chi connectivity index (χ1v) is 6.56. The summed E-state index contributed by atoms with van der Waals surface area (Å²) in [6, 6.07) is 10.1. The molecule has 82 valence electrons. The third-order valence-electron chi connectivity index (χ3n) is 2.42. The first-order valence-electron chi connectivity index (χ1n) is 4.95. The van der Waals surface area contributed by atoms with Crippen LogP contribution in [0.4, 0.5) is 0 Å². The number of hydrogen-bond donors (Lipinski definition) is 0. The molecular formula is C13H11BrOS. The van der Waals surface area contributed by atoms with Crippen molar-refractivity contribution in [1.29, 1.82) is 0 Å². The molecule has 0 N–H and O–H groups in total. The van der Waals surface area contributed by atoms with Crippen LogP contribution in [0.5, 0.6) is 0 Å². The zero-order chi connectivity index (χ0) is 11.7. The summed E-state index contributed by atoms with van der Waals surface area (Å²) in [6.45, 7) is 3.68. The fourth-order valence-corrected chi connectivity index (χ4v) is 2.88. The molecule has 0 saturated heterocycles. The van der Waals surface area contributed by atoms with Crippen LogP contribution in [0.15, 0.2) is 34.8 Å². The van der Waals surface area contributed by atoms with Gasteiger partial charge in [0.2, 0.25) is 0 Å². The Morgan fingerprint density at radius 3 is 2.62 bits per heavy atom. The zero-order valence-corrected chi connectivity index (χ0v) is 11.5. The quantitative estimate of drug-likeness (QED) is 0.735. The highest BCUT2D eigenvalue weighted by Crippen LogP contribution is 2.32. The Bertz CT molecular complexity index is 543. The Labute approximate surface area is 107 Å². The molecule has 3 heteroatoms. The first-order chi connectivity index (χ1) is 7.58. The third kappa shape index (κ3) is 2.25. The smallest absolute Gasteiger partial charge is 0.169 e. The fourth-order valence-electron chi connectivity index (χ4n) is 1.53. The number of hydrogen-bond acceptors (Lipinski definition) is 2.